The van der Waals surface area contributed by atoms with Crippen LogP contribution in [0.3, 0.4) is 0 Å². The monoisotopic (exact) mass is 742 g/mol. The summed E-state index contributed by atoms with van der Waals surface area (Å²) in [5, 5.41) is 101. The van der Waals surface area contributed by atoms with Crippen molar-refractivity contribution in [2.24, 2.45) is 0 Å². The number of rotatable bonds is 15. The molecule has 0 saturated carbocycles. The average Bonchev–Trinajstić information content (AvgIpc) is 3.14. The Morgan fingerprint density at radius 2 is 1.35 bits per heavy atom. The zero-order valence-corrected chi connectivity index (χ0v) is 27.8. The summed E-state index contributed by atoms with van der Waals surface area (Å²) in [7, 11) is 0. The third-order valence-corrected chi connectivity index (χ3v) is 8.31. The van der Waals surface area contributed by atoms with Gasteiger partial charge in [-0.25, -0.2) is 0 Å². The number of benzene rings is 2. The molecule has 10 N–H and O–H groups in total. The minimum Gasteiger partial charge on any atom is -0.504 e. The van der Waals surface area contributed by atoms with E-state index in [9.17, 15) is 55.9 Å². The zero-order chi connectivity index (χ0) is 37.7. The maximum Gasteiger partial charge on any atom is 0.239 e. The van der Waals surface area contributed by atoms with Crippen LogP contribution in [0.4, 0.5) is 0 Å². The highest BCUT2D eigenvalue weighted by Gasteiger charge is 2.48. The van der Waals surface area contributed by atoms with Gasteiger partial charge in [-0.15, -0.1) is 0 Å². The molecule has 5 rings (SSSR count). The molecule has 52 heavy (non-hydrogen) atoms. The van der Waals surface area contributed by atoms with Gasteiger partial charge in [-0.05, 0) is 25.1 Å². The number of phenolic OH excluding ortho intramolecular Hbond substituents is 1. The van der Waals surface area contributed by atoms with Crippen LogP contribution in [-0.4, -0.2) is 159 Å². The predicted molar refractivity (Wildman–Crippen MR) is 173 cm³/mol. The van der Waals surface area contributed by atoms with Crippen LogP contribution in [-0.2, 0) is 14.2 Å². The quantitative estimate of drug-likeness (QED) is 0.0758. The van der Waals surface area contributed by atoms with E-state index in [1.807, 2.05) is 0 Å². The van der Waals surface area contributed by atoms with Crippen molar-refractivity contribution in [2.75, 3.05) is 46.2 Å². The van der Waals surface area contributed by atoms with Crippen molar-refractivity contribution in [1.29, 1.82) is 0 Å². The Morgan fingerprint density at radius 3 is 2.04 bits per heavy atom. The van der Waals surface area contributed by atoms with Crippen molar-refractivity contribution in [1.82, 2.24) is 0 Å². The van der Waals surface area contributed by atoms with Crippen molar-refractivity contribution in [3.8, 4) is 40.1 Å². The molecule has 19 heteroatoms. The number of aliphatic hydroxyl groups excluding tert-OH is 9. The highest BCUT2D eigenvalue weighted by molar-refractivity contribution is 5.89. The highest BCUT2D eigenvalue weighted by Crippen LogP contribution is 2.40. The summed E-state index contributed by atoms with van der Waals surface area (Å²) < 4.78 is 45.3. The van der Waals surface area contributed by atoms with Crippen LogP contribution in [0.5, 0.6) is 28.7 Å². The Bertz CT molecular complexity index is 1700. The second-order valence-corrected chi connectivity index (χ2v) is 11.9. The second kappa shape index (κ2) is 17.3. The molecule has 3 aromatic rings. The van der Waals surface area contributed by atoms with Gasteiger partial charge in [0, 0.05) is 17.7 Å². The van der Waals surface area contributed by atoms with Crippen LogP contribution < -0.4 is 24.4 Å². The number of hydrogen-bond donors (Lipinski definition) is 10. The Hall–Kier alpha value is -3.83. The van der Waals surface area contributed by atoms with Crippen LogP contribution in [0.2, 0.25) is 0 Å². The molecule has 0 bridgehead atoms. The van der Waals surface area contributed by atoms with Gasteiger partial charge >= 0.3 is 0 Å². The lowest BCUT2D eigenvalue weighted by Gasteiger charge is -2.42. The fraction of sp³-hybridized carbons (Fsp3) is 0.545. The lowest BCUT2D eigenvalue weighted by Crippen LogP contribution is -2.61. The first-order chi connectivity index (χ1) is 24.9. The summed E-state index contributed by atoms with van der Waals surface area (Å²) in [6, 6.07) is 6.46. The second-order valence-electron chi connectivity index (χ2n) is 11.9. The number of aliphatic hydroxyl groups is 9. The fourth-order valence-corrected chi connectivity index (χ4v) is 5.59. The number of aromatic hydroxyl groups is 1. The summed E-state index contributed by atoms with van der Waals surface area (Å²) in [5.74, 6) is -1.38. The van der Waals surface area contributed by atoms with Gasteiger partial charge in [0.25, 0.3) is 0 Å². The maximum atomic E-state index is 14.3. The third kappa shape index (κ3) is 8.36. The topological polar surface area (TPSA) is 297 Å². The van der Waals surface area contributed by atoms with Crippen LogP contribution in [0.15, 0.2) is 39.5 Å². The molecule has 0 aliphatic carbocycles. The van der Waals surface area contributed by atoms with E-state index in [1.165, 1.54) is 37.3 Å². The Morgan fingerprint density at radius 1 is 0.712 bits per heavy atom. The molecule has 19 nitrogen and oxygen atoms in total. The molecule has 1 aromatic heterocycles. The molecular formula is C33H42O19. The van der Waals surface area contributed by atoms with Gasteiger partial charge in [0.2, 0.25) is 17.5 Å². The van der Waals surface area contributed by atoms with Crippen molar-refractivity contribution >= 4 is 11.0 Å². The van der Waals surface area contributed by atoms with E-state index in [4.69, 9.17) is 37.6 Å². The minimum absolute atomic E-state index is 0.0725. The summed E-state index contributed by atoms with van der Waals surface area (Å²) in [6.07, 6.45) is -16.3. The molecule has 0 unspecified atom stereocenters. The summed E-state index contributed by atoms with van der Waals surface area (Å²) in [5.41, 5.74) is -0.961. The predicted octanol–water partition coefficient (Wildman–Crippen LogP) is -2.69. The first kappa shape index (κ1) is 39.4. The number of fused-ring (bicyclic) bond motifs is 1. The minimum atomic E-state index is -1.98. The molecule has 2 aliphatic heterocycles. The van der Waals surface area contributed by atoms with Crippen molar-refractivity contribution in [3.05, 3.63) is 40.6 Å². The first-order valence-corrected chi connectivity index (χ1v) is 16.3. The van der Waals surface area contributed by atoms with E-state index < -0.39 is 85.8 Å². The molecule has 2 saturated heterocycles. The Kier molecular flexibility index (Phi) is 13.1. The zero-order valence-electron chi connectivity index (χ0n) is 27.8. The van der Waals surface area contributed by atoms with Gasteiger partial charge in [0.05, 0.1) is 32.5 Å². The number of ether oxygens (including phenoxy) is 7. The van der Waals surface area contributed by atoms with Gasteiger partial charge in [-0.2, -0.15) is 0 Å². The lowest BCUT2D eigenvalue weighted by atomic mass is 9.98. The molecule has 2 aliphatic rings. The van der Waals surface area contributed by atoms with Gasteiger partial charge in [-0.1, -0.05) is 0 Å². The van der Waals surface area contributed by atoms with E-state index >= 15 is 0 Å². The fourth-order valence-electron chi connectivity index (χ4n) is 5.59. The molecule has 3 heterocycles. The van der Waals surface area contributed by atoms with E-state index in [2.05, 4.69) is 0 Å². The van der Waals surface area contributed by atoms with Crippen molar-refractivity contribution in [2.45, 2.75) is 68.3 Å². The summed E-state index contributed by atoms with van der Waals surface area (Å²) in [6.45, 7) is -0.941. The first-order valence-electron chi connectivity index (χ1n) is 16.3. The van der Waals surface area contributed by atoms with Crippen molar-refractivity contribution < 1.29 is 88.6 Å². The maximum absolute atomic E-state index is 14.3. The van der Waals surface area contributed by atoms with Gasteiger partial charge in [0.15, 0.2) is 23.5 Å². The molecular weight excluding hydrogens is 700 g/mol. The van der Waals surface area contributed by atoms with Gasteiger partial charge in [0.1, 0.15) is 85.0 Å². The lowest BCUT2D eigenvalue weighted by molar-refractivity contribution is -0.318. The van der Waals surface area contributed by atoms with E-state index in [0.29, 0.717) is 0 Å². The van der Waals surface area contributed by atoms with E-state index in [0.717, 1.165) is 0 Å². The molecule has 2 aromatic carbocycles. The van der Waals surface area contributed by atoms with Crippen LogP contribution in [0.25, 0.3) is 22.3 Å². The normalized spacial score (nSPS) is 29.2. The van der Waals surface area contributed by atoms with Gasteiger partial charge < -0.3 is 88.6 Å². The molecule has 0 amide bonds. The molecule has 2 fully saturated rings. The SMILES string of the molecule is C[C@@H]1O[C@@H](OC[C@H]2O[C@@H](Oc3c(-c4ccc(O)c(OCCO)c4)oc4cc(OCCO)cc(OCCO)c4c3=O)[C@H](O)[C@@H](O)[C@@H]2O)[C@H](O)[C@H](O)[C@H]1O. The van der Waals surface area contributed by atoms with Crippen LogP contribution in [0, 0.1) is 0 Å². The smallest absolute Gasteiger partial charge is 0.239 e. The number of phenols is 1. The van der Waals surface area contributed by atoms with Crippen LogP contribution >= 0.6 is 0 Å². The largest absolute Gasteiger partial charge is 0.504 e. The highest BCUT2D eigenvalue weighted by atomic mass is 16.7. The van der Waals surface area contributed by atoms with Crippen LogP contribution in [0.1, 0.15) is 6.92 Å². The van der Waals surface area contributed by atoms with E-state index in [-0.39, 0.29) is 78.3 Å². The summed E-state index contributed by atoms with van der Waals surface area (Å²) in [4.78, 5) is 14.3. The average molecular weight is 743 g/mol. The summed E-state index contributed by atoms with van der Waals surface area (Å²) >= 11 is 0. The molecule has 288 valence electrons. The Balaban J connectivity index is 1.56. The number of hydrogen-bond acceptors (Lipinski definition) is 19. The van der Waals surface area contributed by atoms with Crippen molar-refractivity contribution in [3.63, 3.8) is 0 Å². The van der Waals surface area contributed by atoms with E-state index in [1.54, 1.807) is 0 Å². The van der Waals surface area contributed by atoms with Gasteiger partial charge in [-0.3, -0.25) is 4.79 Å². The third-order valence-electron chi connectivity index (χ3n) is 8.31. The molecule has 10 atom stereocenters. The standard InChI is InChI=1S/C33H42O19/c1-14-23(38)26(41)28(43)32(49-14)48-13-21-24(39)27(42)29(44)33(51-21)52-31-25(40)22-19(47-9-6-36)11-16(45-7-4-34)12-20(22)50-30(31)15-2-3-17(37)18(10-15)46-8-5-35/h2-3,10-12,14,21,23-24,26-29,32-39,41-44H,4-9,13H2,1H3/t14-,21+,23-,24+,26+,27-,28+,29+,32+,33-/m0/s1. The Labute approximate surface area is 294 Å². The molecule has 0 spiro atoms. The molecule has 0 radical (unpaired) electrons.